The minimum atomic E-state index is -0.725. The van der Waals surface area contributed by atoms with Gasteiger partial charge >= 0.3 is 6.03 Å². The van der Waals surface area contributed by atoms with Crippen LogP contribution in [0.15, 0.2) is 67.0 Å². The van der Waals surface area contributed by atoms with Crippen molar-refractivity contribution in [2.75, 3.05) is 11.1 Å². The van der Waals surface area contributed by atoms with Gasteiger partial charge in [-0.15, -0.1) is 0 Å². The summed E-state index contributed by atoms with van der Waals surface area (Å²) in [6.07, 6.45) is 3.23. The number of carbonyl (C=O) groups excluding carboxylic acids is 1. The average molecular weight is 455 g/mol. The van der Waals surface area contributed by atoms with E-state index < -0.39 is 17.7 Å². The molecule has 0 atom stereocenters. The number of urea groups is 1. The topological polar surface area (TPSA) is 97.9 Å². The second-order valence-corrected chi connectivity index (χ2v) is 7.22. The Bertz CT molecular complexity index is 1260. The van der Waals surface area contributed by atoms with E-state index in [0.717, 1.165) is 28.4 Å². The highest BCUT2D eigenvalue weighted by molar-refractivity contribution is 6.30. The van der Waals surface area contributed by atoms with Gasteiger partial charge in [-0.25, -0.2) is 18.3 Å². The molecule has 0 aliphatic rings. The van der Waals surface area contributed by atoms with Crippen LogP contribution >= 0.6 is 11.6 Å². The summed E-state index contributed by atoms with van der Waals surface area (Å²) >= 11 is 5.97. The van der Waals surface area contributed by atoms with E-state index in [1.165, 1.54) is 0 Å². The molecule has 7 nitrogen and oxygen atoms in total. The molecule has 2 aromatic heterocycles. The molecule has 4 aromatic rings. The summed E-state index contributed by atoms with van der Waals surface area (Å²) in [7, 11) is 0. The van der Waals surface area contributed by atoms with Crippen molar-refractivity contribution >= 4 is 29.1 Å². The number of anilines is 2. The Kier molecular flexibility index (Phi) is 6.00. The van der Waals surface area contributed by atoms with Crippen molar-refractivity contribution in [1.29, 1.82) is 0 Å². The molecule has 0 bridgehead atoms. The van der Waals surface area contributed by atoms with E-state index >= 15 is 0 Å². The number of carbonyl (C=O) groups is 1. The fourth-order valence-corrected chi connectivity index (χ4v) is 3.16. The van der Waals surface area contributed by atoms with E-state index in [-0.39, 0.29) is 29.4 Å². The molecule has 10 heteroatoms. The normalized spacial score (nSPS) is 10.7. The number of pyridine rings is 1. The van der Waals surface area contributed by atoms with Gasteiger partial charge in [0, 0.05) is 35.6 Å². The van der Waals surface area contributed by atoms with Crippen LogP contribution in [0, 0.1) is 11.6 Å². The molecule has 162 valence electrons. The number of hydrogen-bond acceptors (Lipinski definition) is 4. The van der Waals surface area contributed by atoms with Crippen LogP contribution in [0.1, 0.15) is 5.56 Å². The maximum absolute atomic E-state index is 14.4. The van der Waals surface area contributed by atoms with Crippen LogP contribution < -0.4 is 16.4 Å². The van der Waals surface area contributed by atoms with Gasteiger partial charge in [-0.3, -0.25) is 4.98 Å². The highest BCUT2D eigenvalue weighted by Crippen LogP contribution is 2.35. The molecule has 0 spiro atoms. The summed E-state index contributed by atoms with van der Waals surface area (Å²) in [5.74, 6) is -1.45. The summed E-state index contributed by atoms with van der Waals surface area (Å²) < 4.78 is 29.2. The Morgan fingerprint density at radius 2 is 1.78 bits per heavy atom. The second kappa shape index (κ2) is 9.03. The summed E-state index contributed by atoms with van der Waals surface area (Å²) in [5, 5.41) is 10.2. The summed E-state index contributed by atoms with van der Waals surface area (Å²) in [6, 6.07) is 12.5. The first-order valence-corrected chi connectivity index (χ1v) is 9.84. The molecule has 4 N–H and O–H groups in total. The number of hydrogen-bond donors (Lipinski definition) is 3. The molecule has 0 radical (unpaired) electrons. The smallest absolute Gasteiger partial charge is 0.319 e. The minimum Gasteiger partial charge on any atom is -0.382 e. The first-order valence-electron chi connectivity index (χ1n) is 9.46. The number of nitrogens with two attached hydrogens (primary N) is 1. The van der Waals surface area contributed by atoms with Crippen LogP contribution in [0.2, 0.25) is 5.02 Å². The van der Waals surface area contributed by atoms with Gasteiger partial charge in [0.1, 0.15) is 28.7 Å². The van der Waals surface area contributed by atoms with Gasteiger partial charge in [-0.2, -0.15) is 5.10 Å². The van der Waals surface area contributed by atoms with Gasteiger partial charge in [0.2, 0.25) is 0 Å². The molecular weight excluding hydrogens is 438 g/mol. The highest BCUT2D eigenvalue weighted by atomic mass is 35.5. The molecular formula is C22H17ClF2N6O. The predicted octanol–water partition coefficient (Wildman–Crippen LogP) is 4.77. The van der Waals surface area contributed by atoms with Crippen LogP contribution in [-0.4, -0.2) is 20.8 Å². The first-order chi connectivity index (χ1) is 15.4. The Balaban J connectivity index is 1.70. The standard InChI is InChI=1S/C22H17ClF2N6O/c23-15-3-1-14(2-4-15)19-20(29-22(32)28-12-13-7-9-27-10-8-13)21(26)31(30-19)18-11-16(24)5-6-17(18)25/h1-11H,12,26H2,(H2,28,29,32). The van der Waals surface area contributed by atoms with Gasteiger partial charge in [0.25, 0.3) is 0 Å². The van der Waals surface area contributed by atoms with Crippen LogP contribution in [0.4, 0.5) is 25.1 Å². The van der Waals surface area contributed by atoms with Gasteiger partial charge in [-0.05, 0) is 42.0 Å². The van der Waals surface area contributed by atoms with Crippen LogP contribution in [0.25, 0.3) is 16.9 Å². The number of benzene rings is 2. The van der Waals surface area contributed by atoms with Crippen molar-refractivity contribution in [3.05, 3.63) is 89.2 Å². The van der Waals surface area contributed by atoms with Crippen molar-refractivity contribution in [1.82, 2.24) is 20.1 Å². The number of rotatable bonds is 5. The van der Waals surface area contributed by atoms with Crippen LogP contribution in [0.5, 0.6) is 0 Å². The third-order valence-corrected chi connectivity index (χ3v) is 4.87. The zero-order valence-corrected chi connectivity index (χ0v) is 17.3. The SMILES string of the molecule is Nc1c(NC(=O)NCc2ccncc2)c(-c2ccc(Cl)cc2)nn1-c1cc(F)ccc1F. The lowest BCUT2D eigenvalue weighted by Crippen LogP contribution is -2.28. The Hall–Kier alpha value is -3.98. The van der Waals surface area contributed by atoms with E-state index in [4.69, 9.17) is 17.3 Å². The molecule has 0 fully saturated rings. The Morgan fingerprint density at radius 1 is 1.06 bits per heavy atom. The Morgan fingerprint density at radius 3 is 2.50 bits per heavy atom. The monoisotopic (exact) mass is 454 g/mol. The number of nitrogen functional groups attached to an aromatic ring is 1. The van der Waals surface area contributed by atoms with Crippen molar-refractivity contribution < 1.29 is 13.6 Å². The number of nitrogens with zero attached hydrogens (tertiary/aromatic N) is 3. The van der Waals surface area contributed by atoms with Crippen molar-refractivity contribution in [2.45, 2.75) is 6.54 Å². The maximum Gasteiger partial charge on any atom is 0.319 e. The third kappa shape index (κ3) is 4.52. The van der Waals surface area contributed by atoms with E-state index in [0.29, 0.717) is 10.6 Å². The third-order valence-electron chi connectivity index (χ3n) is 4.62. The molecule has 0 saturated carbocycles. The summed E-state index contributed by atoms with van der Waals surface area (Å²) in [4.78, 5) is 16.5. The predicted molar refractivity (Wildman–Crippen MR) is 118 cm³/mol. The molecule has 32 heavy (non-hydrogen) atoms. The second-order valence-electron chi connectivity index (χ2n) is 6.79. The highest BCUT2D eigenvalue weighted by Gasteiger charge is 2.22. The van der Waals surface area contributed by atoms with Crippen LogP contribution in [-0.2, 0) is 6.54 Å². The number of halogens is 3. The zero-order chi connectivity index (χ0) is 22.7. The van der Waals surface area contributed by atoms with E-state index in [2.05, 4.69) is 20.7 Å². The lowest BCUT2D eigenvalue weighted by Gasteiger charge is -2.09. The number of aromatic nitrogens is 3. The zero-order valence-electron chi connectivity index (χ0n) is 16.5. The number of nitrogens with one attached hydrogen (secondary N) is 2. The van der Waals surface area contributed by atoms with Gasteiger partial charge < -0.3 is 16.4 Å². The quantitative estimate of drug-likeness (QED) is 0.404. The molecule has 2 amide bonds. The van der Waals surface area contributed by atoms with Gasteiger partial charge in [0.05, 0.1) is 0 Å². The van der Waals surface area contributed by atoms with Gasteiger partial charge in [0.15, 0.2) is 5.82 Å². The molecule has 0 aliphatic carbocycles. The average Bonchev–Trinajstić information content (AvgIpc) is 3.11. The lowest BCUT2D eigenvalue weighted by atomic mass is 10.1. The van der Waals surface area contributed by atoms with Crippen molar-refractivity contribution in [3.8, 4) is 16.9 Å². The first kappa shape index (κ1) is 21.3. The molecule has 0 saturated heterocycles. The summed E-state index contributed by atoms with van der Waals surface area (Å²) in [6.45, 7) is 0.247. The molecule has 0 aliphatic heterocycles. The molecule has 0 unspecified atom stereocenters. The van der Waals surface area contributed by atoms with Crippen molar-refractivity contribution in [2.24, 2.45) is 0 Å². The Labute approximate surface area is 186 Å². The van der Waals surface area contributed by atoms with E-state index in [1.807, 2.05) is 0 Å². The molecule has 2 heterocycles. The minimum absolute atomic E-state index is 0.0708. The van der Waals surface area contributed by atoms with Gasteiger partial charge in [-0.1, -0.05) is 23.7 Å². The summed E-state index contributed by atoms with van der Waals surface area (Å²) in [5.41, 5.74) is 7.84. The van der Waals surface area contributed by atoms with Crippen molar-refractivity contribution in [3.63, 3.8) is 0 Å². The fourth-order valence-electron chi connectivity index (χ4n) is 3.04. The maximum atomic E-state index is 14.4. The van der Waals surface area contributed by atoms with E-state index in [9.17, 15) is 13.6 Å². The lowest BCUT2D eigenvalue weighted by molar-refractivity contribution is 0.252. The van der Waals surface area contributed by atoms with E-state index in [1.54, 1.807) is 48.8 Å². The molecule has 4 rings (SSSR count). The fraction of sp³-hybridized carbons (Fsp3) is 0.0455. The largest absolute Gasteiger partial charge is 0.382 e. The van der Waals surface area contributed by atoms with Crippen LogP contribution in [0.3, 0.4) is 0 Å². The molecule has 2 aromatic carbocycles. The number of amides is 2.